The fourth-order valence-corrected chi connectivity index (χ4v) is 3.88. The Bertz CT molecular complexity index is 994. The summed E-state index contributed by atoms with van der Waals surface area (Å²) in [4.78, 5) is 23.0. The number of sulfonamides is 1. The van der Waals surface area contributed by atoms with Crippen LogP contribution in [-0.2, 0) is 26.0 Å². The van der Waals surface area contributed by atoms with Crippen molar-refractivity contribution in [2.75, 3.05) is 18.5 Å². The second kappa shape index (κ2) is 11.0. The van der Waals surface area contributed by atoms with Gasteiger partial charge in [0.05, 0.1) is 16.3 Å². The molecule has 0 spiro atoms. The molecule has 2 aromatic carbocycles. The first-order valence-electron chi connectivity index (χ1n) is 9.30. The molecule has 0 radical (unpaired) electrons. The number of unbranched alkanes of at least 4 members (excludes halogenated alkanes) is 1. The largest absolute Gasteiger partial charge is 0.482 e. The average Bonchev–Trinajstić information content (AvgIpc) is 2.68. The molecule has 0 aliphatic heterocycles. The van der Waals surface area contributed by atoms with Crippen LogP contribution in [0.15, 0.2) is 47.4 Å². The normalized spacial score (nSPS) is 11.1. The summed E-state index contributed by atoms with van der Waals surface area (Å²) in [6.45, 7) is 1.99. The number of hydrogen-bond acceptors (Lipinski definition) is 5. The van der Waals surface area contributed by atoms with Gasteiger partial charge in [0, 0.05) is 12.2 Å². The third-order valence-electron chi connectivity index (χ3n) is 4.01. The number of rotatable bonds is 11. The van der Waals surface area contributed by atoms with Gasteiger partial charge in [0.15, 0.2) is 6.61 Å². The van der Waals surface area contributed by atoms with E-state index in [1.165, 1.54) is 18.2 Å². The maximum Gasteiger partial charge on any atom is 0.262 e. The van der Waals surface area contributed by atoms with Crippen LogP contribution in [0.4, 0.5) is 5.69 Å². The van der Waals surface area contributed by atoms with E-state index in [4.69, 9.17) is 22.1 Å². The van der Waals surface area contributed by atoms with Crippen LogP contribution >= 0.6 is 11.6 Å². The van der Waals surface area contributed by atoms with E-state index in [1.807, 2.05) is 6.92 Å². The quantitative estimate of drug-likeness (QED) is 0.450. The van der Waals surface area contributed by atoms with E-state index in [2.05, 4.69) is 10.0 Å². The lowest BCUT2D eigenvalue weighted by Crippen LogP contribution is -2.24. The Kier molecular flexibility index (Phi) is 8.64. The molecule has 8 nitrogen and oxygen atoms in total. The van der Waals surface area contributed by atoms with Crippen LogP contribution in [0, 0.1) is 0 Å². The van der Waals surface area contributed by atoms with E-state index in [1.54, 1.807) is 24.3 Å². The number of carbonyl (C=O) groups is 2. The molecule has 10 heteroatoms. The molecule has 0 bridgehead atoms. The number of hydrogen-bond donors (Lipinski definition) is 3. The van der Waals surface area contributed by atoms with Gasteiger partial charge in [-0.05, 0) is 42.3 Å². The van der Waals surface area contributed by atoms with Gasteiger partial charge in [0.25, 0.3) is 5.91 Å². The standard InChI is InChI=1S/C20H24ClN3O5S/c1-2-3-10-23-30(27,28)16-8-9-18(17(21)12-16)29-13-20(26)24-15-6-4-14(5-7-15)11-19(22)25/h4-9,12,23H,2-3,10-11,13H2,1H3,(H2,22,25)(H,24,26). The van der Waals surface area contributed by atoms with E-state index >= 15 is 0 Å². The van der Waals surface area contributed by atoms with Crippen molar-refractivity contribution in [3.8, 4) is 5.75 Å². The first-order valence-corrected chi connectivity index (χ1v) is 11.2. The Morgan fingerprint density at radius 3 is 2.43 bits per heavy atom. The van der Waals surface area contributed by atoms with Crippen molar-refractivity contribution in [3.05, 3.63) is 53.1 Å². The van der Waals surface area contributed by atoms with Crippen molar-refractivity contribution in [3.63, 3.8) is 0 Å². The molecule has 0 atom stereocenters. The summed E-state index contributed by atoms with van der Waals surface area (Å²) in [5.74, 6) is -0.671. The van der Waals surface area contributed by atoms with Crippen LogP contribution in [0.2, 0.25) is 5.02 Å². The first-order chi connectivity index (χ1) is 14.2. The van der Waals surface area contributed by atoms with Crippen LogP contribution < -0.4 is 20.5 Å². The molecule has 0 saturated carbocycles. The highest BCUT2D eigenvalue weighted by atomic mass is 35.5. The van der Waals surface area contributed by atoms with Gasteiger partial charge >= 0.3 is 0 Å². The Labute approximate surface area is 180 Å². The lowest BCUT2D eigenvalue weighted by atomic mass is 10.1. The number of anilines is 1. The van der Waals surface area contributed by atoms with E-state index < -0.39 is 21.8 Å². The van der Waals surface area contributed by atoms with E-state index in [0.29, 0.717) is 12.2 Å². The number of benzene rings is 2. The average molecular weight is 454 g/mol. The Hall–Kier alpha value is -2.62. The molecule has 4 N–H and O–H groups in total. The molecule has 0 heterocycles. The fourth-order valence-electron chi connectivity index (χ4n) is 2.48. The highest BCUT2D eigenvalue weighted by Gasteiger charge is 2.16. The van der Waals surface area contributed by atoms with Crippen LogP contribution in [0.25, 0.3) is 0 Å². The maximum absolute atomic E-state index is 12.2. The lowest BCUT2D eigenvalue weighted by molar-refractivity contribution is -0.118. The zero-order chi connectivity index (χ0) is 22.1. The predicted octanol–water partition coefficient (Wildman–Crippen LogP) is 2.46. The summed E-state index contributed by atoms with van der Waals surface area (Å²) < 4.78 is 32.3. The van der Waals surface area contributed by atoms with Gasteiger partial charge in [-0.1, -0.05) is 37.1 Å². The second-order valence-corrected chi connectivity index (χ2v) is 8.69. The van der Waals surface area contributed by atoms with E-state index in [0.717, 1.165) is 18.4 Å². The van der Waals surface area contributed by atoms with Crippen molar-refractivity contribution in [1.82, 2.24) is 4.72 Å². The minimum Gasteiger partial charge on any atom is -0.482 e. The van der Waals surface area contributed by atoms with Gasteiger partial charge in [-0.2, -0.15) is 0 Å². The molecule has 2 rings (SSSR count). The van der Waals surface area contributed by atoms with Crippen LogP contribution in [0.5, 0.6) is 5.75 Å². The summed E-state index contributed by atoms with van der Waals surface area (Å²) in [5.41, 5.74) is 6.41. The summed E-state index contributed by atoms with van der Waals surface area (Å²) >= 11 is 6.11. The highest BCUT2D eigenvalue weighted by Crippen LogP contribution is 2.27. The topological polar surface area (TPSA) is 128 Å². The summed E-state index contributed by atoms with van der Waals surface area (Å²) in [6, 6.07) is 10.7. The Balaban J connectivity index is 1.92. The van der Waals surface area contributed by atoms with E-state index in [9.17, 15) is 18.0 Å². The Morgan fingerprint density at radius 2 is 1.83 bits per heavy atom. The maximum atomic E-state index is 12.2. The molecule has 0 saturated heterocycles. The number of nitrogens with one attached hydrogen (secondary N) is 2. The van der Waals surface area contributed by atoms with Crippen molar-refractivity contribution in [1.29, 1.82) is 0 Å². The number of ether oxygens (including phenoxy) is 1. The summed E-state index contributed by atoms with van der Waals surface area (Å²) in [6.07, 6.45) is 1.72. The third kappa shape index (κ3) is 7.33. The second-order valence-electron chi connectivity index (χ2n) is 6.52. The van der Waals surface area contributed by atoms with Gasteiger partial charge in [0.1, 0.15) is 5.75 Å². The zero-order valence-electron chi connectivity index (χ0n) is 16.5. The van der Waals surface area contributed by atoms with Crippen molar-refractivity contribution in [2.24, 2.45) is 5.73 Å². The minimum atomic E-state index is -3.65. The molecule has 0 aliphatic rings. The molecular formula is C20H24ClN3O5S. The molecule has 162 valence electrons. The smallest absolute Gasteiger partial charge is 0.262 e. The lowest BCUT2D eigenvalue weighted by Gasteiger charge is -2.11. The number of amides is 2. The number of carbonyl (C=O) groups excluding carboxylic acids is 2. The van der Waals surface area contributed by atoms with Gasteiger partial charge in [0.2, 0.25) is 15.9 Å². The van der Waals surface area contributed by atoms with Crippen molar-refractivity contribution >= 4 is 39.1 Å². The SMILES string of the molecule is CCCCNS(=O)(=O)c1ccc(OCC(=O)Nc2ccc(CC(N)=O)cc2)c(Cl)c1. The van der Waals surface area contributed by atoms with Crippen molar-refractivity contribution < 1.29 is 22.7 Å². The molecule has 2 amide bonds. The predicted molar refractivity (Wildman–Crippen MR) is 115 cm³/mol. The zero-order valence-corrected chi connectivity index (χ0v) is 18.1. The fraction of sp³-hybridized carbons (Fsp3) is 0.300. The molecule has 0 aliphatic carbocycles. The van der Waals surface area contributed by atoms with Crippen LogP contribution in [-0.4, -0.2) is 33.4 Å². The van der Waals surface area contributed by atoms with Gasteiger partial charge < -0.3 is 15.8 Å². The molecular weight excluding hydrogens is 430 g/mol. The minimum absolute atomic E-state index is 0.0245. The number of nitrogens with two attached hydrogens (primary N) is 1. The Morgan fingerprint density at radius 1 is 1.13 bits per heavy atom. The number of primary amides is 1. The molecule has 0 fully saturated rings. The molecule has 30 heavy (non-hydrogen) atoms. The van der Waals surface area contributed by atoms with Gasteiger partial charge in [-0.15, -0.1) is 0 Å². The monoisotopic (exact) mass is 453 g/mol. The third-order valence-corrected chi connectivity index (χ3v) is 5.76. The number of halogens is 1. The molecule has 2 aromatic rings. The summed E-state index contributed by atoms with van der Waals surface area (Å²) in [7, 11) is -3.65. The first kappa shape index (κ1) is 23.7. The highest BCUT2D eigenvalue weighted by molar-refractivity contribution is 7.89. The molecule has 0 aromatic heterocycles. The summed E-state index contributed by atoms with van der Waals surface area (Å²) in [5, 5.41) is 2.73. The van der Waals surface area contributed by atoms with E-state index in [-0.39, 0.29) is 28.7 Å². The van der Waals surface area contributed by atoms with Gasteiger partial charge in [-0.25, -0.2) is 13.1 Å². The van der Waals surface area contributed by atoms with Crippen molar-refractivity contribution in [2.45, 2.75) is 31.1 Å². The van der Waals surface area contributed by atoms with Gasteiger partial charge in [-0.3, -0.25) is 9.59 Å². The van der Waals surface area contributed by atoms with Crippen LogP contribution in [0.1, 0.15) is 25.3 Å². The van der Waals surface area contributed by atoms with Crippen LogP contribution in [0.3, 0.4) is 0 Å². The molecule has 0 unspecified atom stereocenters.